The van der Waals surface area contributed by atoms with E-state index < -0.39 is 28.3 Å². The molecule has 0 spiro atoms. The van der Waals surface area contributed by atoms with Crippen LogP contribution in [0.1, 0.15) is 11.1 Å². The summed E-state index contributed by atoms with van der Waals surface area (Å²) in [7, 11) is -2.59. The molecule has 168 valence electrons. The zero-order valence-corrected chi connectivity index (χ0v) is 19.9. The number of rotatable bonds is 8. The molecular weight excluding hydrogens is 499 g/mol. The number of nitrogens with zero attached hydrogens (tertiary/aromatic N) is 1. The van der Waals surface area contributed by atoms with Crippen molar-refractivity contribution < 1.29 is 22.3 Å². The van der Waals surface area contributed by atoms with Crippen LogP contribution in [0, 0.1) is 12.7 Å². The summed E-state index contributed by atoms with van der Waals surface area (Å²) >= 11 is 3.30. The Bertz CT molecular complexity index is 1220. The van der Waals surface area contributed by atoms with Crippen LogP contribution < -0.4 is 14.4 Å². The first-order valence-corrected chi connectivity index (χ1v) is 11.9. The van der Waals surface area contributed by atoms with Gasteiger partial charge in [0.1, 0.15) is 18.1 Å². The van der Waals surface area contributed by atoms with Crippen LogP contribution in [-0.2, 0) is 21.4 Å². The van der Waals surface area contributed by atoms with Crippen LogP contribution in [-0.4, -0.2) is 28.0 Å². The highest BCUT2D eigenvalue weighted by molar-refractivity contribution is 9.10. The summed E-state index contributed by atoms with van der Waals surface area (Å²) in [6, 6.07) is 17.1. The number of hydrogen-bond acceptors (Lipinski definition) is 4. The van der Waals surface area contributed by atoms with Gasteiger partial charge in [-0.3, -0.25) is 9.10 Å². The van der Waals surface area contributed by atoms with Gasteiger partial charge in [0, 0.05) is 6.54 Å². The van der Waals surface area contributed by atoms with Gasteiger partial charge in [0.15, 0.2) is 0 Å². The molecule has 6 nitrogen and oxygen atoms in total. The number of sulfonamides is 1. The van der Waals surface area contributed by atoms with Gasteiger partial charge in [-0.25, -0.2) is 12.8 Å². The number of ether oxygens (including phenoxy) is 1. The van der Waals surface area contributed by atoms with Gasteiger partial charge in [0.25, 0.3) is 10.0 Å². The quantitative estimate of drug-likeness (QED) is 0.477. The SMILES string of the molecule is COc1ccc(S(=O)(=O)N(CC(=O)NCc2cccc(F)c2)c2ccc(C)cc2)cc1Br. The summed E-state index contributed by atoms with van der Waals surface area (Å²) in [6.45, 7) is 1.52. The van der Waals surface area contributed by atoms with Crippen LogP contribution in [0.3, 0.4) is 0 Å². The van der Waals surface area contributed by atoms with Crippen LogP contribution in [0.25, 0.3) is 0 Å². The second kappa shape index (κ2) is 10.1. The predicted octanol–water partition coefficient (Wildman–Crippen LogP) is 4.42. The maximum absolute atomic E-state index is 13.5. The number of amides is 1. The number of methoxy groups -OCH3 is 1. The molecule has 0 bridgehead atoms. The van der Waals surface area contributed by atoms with Crippen molar-refractivity contribution in [2.75, 3.05) is 18.0 Å². The lowest BCUT2D eigenvalue weighted by atomic mass is 10.2. The Kier molecular flexibility index (Phi) is 7.52. The first-order chi connectivity index (χ1) is 15.2. The van der Waals surface area contributed by atoms with Crippen LogP contribution in [0.4, 0.5) is 10.1 Å². The molecular formula is C23H22BrFN2O4S. The van der Waals surface area contributed by atoms with E-state index in [-0.39, 0.29) is 11.4 Å². The number of halogens is 2. The van der Waals surface area contributed by atoms with Crippen molar-refractivity contribution in [2.24, 2.45) is 0 Å². The van der Waals surface area contributed by atoms with E-state index in [0.717, 1.165) is 9.87 Å². The smallest absolute Gasteiger partial charge is 0.264 e. The molecule has 0 atom stereocenters. The van der Waals surface area contributed by atoms with Crippen molar-refractivity contribution in [1.82, 2.24) is 5.32 Å². The molecule has 3 aromatic rings. The highest BCUT2D eigenvalue weighted by Crippen LogP contribution is 2.30. The average molecular weight is 521 g/mol. The third kappa shape index (κ3) is 5.66. The number of nitrogens with one attached hydrogen (secondary N) is 1. The van der Waals surface area contributed by atoms with E-state index in [4.69, 9.17) is 4.74 Å². The summed E-state index contributed by atoms with van der Waals surface area (Å²) in [6.07, 6.45) is 0. The van der Waals surface area contributed by atoms with Gasteiger partial charge in [-0.1, -0.05) is 29.8 Å². The van der Waals surface area contributed by atoms with Gasteiger partial charge < -0.3 is 10.1 Å². The van der Waals surface area contributed by atoms with Gasteiger partial charge in [0.2, 0.25) is 5.91 Å². The molecule has 9 heteroatoms. The maximum atomic E-state index is 13.5. The lowest BCUT2D eigenvalue weighted by Gasteiger charge is -2.24. The Morgan fingerprint density at radius 3 is 2.44 bits per heavy atom. The zero-order valence-electron chi connectivity index (χ0n) is 17.5. The Morgan fingerprint density at radius 1 is 1.09 bits per heavy atom. The van der Waals surface area contributed by atoms with Crippen molar-refractivity contribution in [2.45, 2.75) is 18.4 Å². The summed E-state index contributed by atoms with van der Waals surface area (Å²) in [5, 5.41) is 2.65. The number of anilines is 1. The topological polar surface area (TPSA) is 75.7 Å². The van der Waals surface area contributed by atoms with Crippen molar-refractivity contribution in [3.05, 3.63) is 88.1 Å². The molecule has 0 fully saturated rings. The number of carbonyl (C=O) groups is 1. The van der Waals surface area contributed by atoms with Crippen LogP contribution in [0.2, 0.25) is 0 Å². The molecule has 1 N–H and O–H groups in total. The highest BCUT2D eigenvalue weighted by Gasteiger charge is 2.28. The standard InChI is InChI=1S/C23H22BrFN2O4S/c1-16-6-8-19(9-7-16)27(15-23(28)26-14-17-4-3-5-18(25)12-17)32(29,30)20-10-11-22(31-2)21(24)13-20/h3-13H,14-15H2,1-2H3,(H,26,28). The van der Waals surface area contributed by atoms with Crippen LogP contribution >= 0.6 is 15.9 Å². The molecule has 0 aliphatic rings. The minimum absolute atomic E-state index is 0.00341. The number of carbonyl (C=O) groups excluding carboxylic acids is 1. The molecule has 3 rings (SSSR count). The Balaban J connectivity index is 1.89. The summed E-state index contributed by atoms with van der Waals surface area (Å²) in [5.74, 6) is -0.449. The first-order valence-electron chi connectivity index (χ1n) is 9.65. The van der Waals surface area contributed by atoms with Gasteiger partial charge in [-0.2, -0.15) is 0 Å². The number of aryl methyl sites for hydroxylation is 1. The van der Waals surface area contributed by atoms with Crippen molar-refractivity contribution in [1.29, 1.82) is 0 Å². The lowest BCUT2D eigenvalue weighted by Crippen LogP contribution is -2.40. The molecule has 0 aliphatic carbocycles. The van der Waals surface area contributed by atoms with E-state index in [1.807, 2.05) is 6.92 Å². The van der Waals surface area contributed by atoms with E-state index in [9.17, 15) is 17.6 Å². The van der Waals surface area contributed by atoms with Crippen molar-refractivity contribution in [3.8, 4) is 5.75 Å². The van der Waals surface area contributed by atoms with E-state index in [2.05, 4.69) is 21.2 Å². The molecule has 32 heavy (non-hydrogen) atoms. The Labute approximate surface area is 195 Å². The Hall–Kier alpha value is -2.91. The summed E-state index contributed by atoms with van der Waals surface area (Å²) in [5.41, 5.74) is 1.87. The van der Waals surface area contributed by atoms with E-state index >= 15 is 0 Å². The summed E-state index contributed by atoms with van der Waals surface area (Å²) in [4.78, 5) is 12.7. The van der Waals surface area contributed by atoms with Crippen molar-refractivity contribution >= 4 is 37.5 Å². The average Bonchev–Trinajstić information content (AvgIpc) is 2.76. The predicted molar refractivity (Wildman–Crippen MR) is 125 cm³/mol. The van der Waals surface area contributed by atoms with Gasteiger partial charge in [-0.15, -0.1) is 0 Å². The van der Waals surface area contributed by atoms with E-state index in [0.29, 0.717) is 21.5 Å². The normalized spacial score (nSPS) is 11.1. The van der Waals surface area contributed by atoms with Crippen LogP contribution in [0.5, 0.6) is 5.75 Å². The van der Waals surface area contributed by atoms with Crippen molar-refractivity contribution in [3.63, 3.8) is 0 Å². The van der Waals surface area contributed by atoms with Gasteiger partial charge in [0.05, 0.1) is 22.2 Å². The number of benzene rings is 3. The fraction of sp³-hybridized carbons (Fsp3) is 0.174. The molecule has 1 amide bonds. The largest absolute Gasteiger partial charge is 0.496 e. The molecule has 0 saturated heterocycles. The van der Waals surface area contributed by atoms with E-state index in [1.54, 1.807) is 36.4 Å². The monoisotopic (exact) mass is 520 g/mol. The Morgan fingerprint density at radius 2 is 1.81 bits per heavy atom. The molecule has 0 aliphatic heterocycles. The minimum Gasteiger partial charge on any atom is -0.496 e. The minimum atomic E-state index is -4.07. The zero-order chi connectivity index (χ0) is 23.3. The third-order valence-electron chi connectivity index (χ3n) is 4.70. The fourth-order valence-electron chi connectivity index (χ4n) is 2.99. The first kappa shape index (κ1) is 23.7. The molecule has 0 radical (unpaired) electrons. The second-order valence-corrected chi connectivity index (χ2v) is 9.77. The summed E-state index contributed by atoms with van der Waals surface area (Å²) < 4.78 is 47.0. The molecule has 0 aromatic heterocycles. The molecule has 0 unspecified atom stereocenters. The highest BCUT2D eigenvalue weighted by atomic mass is 79.9. The third-order valence-corrected chi connectivity index (χ3v) is 7.09. The number of hydrogen-bond donors (Lipinski definition) is 1. The second-order valence-electron chi connectivity index (χ2n) is 7.05. The fourth-order valence-corrected chi connectivity index (χ4v) is 5.13. The van der Waals surface area contributed by atoms with Crippen LogP contribution in [0.15, 0.2) is 76.1 Å². The molecule has 0 heterocycles. The maximum Gasteiger partial charge on any atom is 0.264 e. The molecule has 0 saturated carbocycles. The lowest BCUT2D eigenvalue weighted by molar-refractivity contribution is -0.119. The van der Waals surface area contributed by atoms with Gasteiger partial charge >= 0.3 is 0 Å². The molecule has 3 aromatic carbocycles. The van der Waals surface area contributed by atoms with Gasteiger partial charge in [-0.05, 0) is 70.9 Å². The van der Waals surface area contributed by atoms with E-state index in [1.165, 1.54) is 37.4 Å².